The molecule has 0 aliphatic rings. The van der Waals surface area contributed by atoms with E-state index in [0.717, 1.165) is 12.8 Å². The minimum atomic E-state index is -0.689. The summed E-state index contributed by atoms with van der Waals surface area (Å²) in [4.78, 5) is 38.1. The summed E-state index contributed by atoms with van der Waals surface area (Å²) < 4.78 is 26.5. The minimum Gasteiger partial charge on any atom is -0.497 e. The van der Waals surface area contributed by atoms with Gasteiger partial charge in [0.05, 0.1) is 32.0 Å². The normalized spacial score (nSPS) is 10.3. The Balaban J connectivity index is 1.81. The van der Waals surface area contributed by atoms with E-state index in [1.165, 1.54) is 32.4 Å². The summed E-state index contributed by atoms with van der Waals surface area (Å²) in [6.07, 6.45) is 2.58. The molecule has 0 radical (unpaired) electrons. The summed E-state index contributed by atoms with van der Waals surface area (Å²) >= 11 is 0. The average Bonchev–Trinajstić information content (AvgIpc) is 2.91. The van der Waals surface area contributed by atoms with Gasteiger partial charge in [0.25, 0.3) is 0 Å². The molecule has 0 bridgehead atoms. The Labute approximate surface area is 209 Å². The number of unbranched alkanes of at least 4 members (excludes halogenated alkanes) is 2. The van der Waals surface area contributed by atoms with Crippen LogP contribution in [0.1, 0.15) is 57.3 Å². The van der Waals surface area contributed by atoms with Gasteiger partial charge in [-0.2, -0.15) is 0 Å². The number of hydrogen-bond acceptors (Lipinski definition) is 8. The molecule has 0 N–H and O–H groups in total. The van der Waals surface area contributed by atoms with Crippen LogP contribution in [0.25, 0.3) is 0 Å². The van der Waals surface area contributed by atoms with Gasteiger partial charge in [0, 0.05) is 0 Å². The molecule has 0 aromatic heterocycles. The van der Waals surface area contributed by atoms with Gasteiger partial charge in [-0.05, 0) is 73.2 Å². The van der Waals surface area contributed by atoms with Crippen LogP contribution in [0.5, 0.6) is 23.0 Å². The number of esters is 3. The molecule has 3 aromatic carbocycles. The fourth-order valence-electron chi connectivity index (χ4n) is 3.19. The van der Waals surface area contributed by atoms with Crippen molar-refractivity contribution in [2.24, 2.45) is 0 Å². The van der Waals surface area contributed by atoms with Crippen LogP contribution in [-0.2, 0) is 4.74 Å². The molecule has 0 saturated carbocycles. The summed E-state index contributed by atoms with van der Waals surface area (Å²) in [5, 5.41) is 0. The Kier molecular flexibility index (Phi) is 9.45. The maximum Gasteiger partial charge on any atom is 0.343 e. The lowest BCUT2D eigenvalue weighted by Crippen LogP contribution is -2.14. The molecule has 3 rings (SSSR count). The van der Waals surface area contributed by atoms with Crippen LogP contribution in [0.2, 0.25) is 0 Å². The van der Waals surface area contributed by atoms with Gasteiger partial charge in [0.15, 0.2) is 0 Å². The van der Waals surface area contributed by atoms with E-state index in [1.54, 1.807) is 48.5 Å². The molecule has 8 nitrogen and oxygen atoms in total. The zero-order valence-electron chi connectivity index (χ0n) is 20.4. The first-order valence-electron chi connectivity index (χ1n) is 11.5. The van der Waals surface area contributed by atoms with E-state index in [2.05, 4.69) is 0 Å². The lowest BCUT2D eigenvalue weighted by atomic mass is 10.1. The number of rotatable bonds is 11. The largest absolute Gasteiger partial charge is 0.497 e. The van der Waals surface area contributed by atoms with Crippen molar-refractivity contribution in [3.05, 3.63) is 83.4 Å². The van der Waals surface area contributed by atoms with Gasteiger partial charge < -0.3 is 23.7 Å². The van der Waals surface area contributed by atoms with E-state index in [4.69, 9.17) is 23.7 Å². The van der Waals surface area contributed by atoms with Crippen LogP contribution in [0.15, 0.2) is 66.7 Å². The first-order chi connectivity index (χ1) is 17.4. The minimum absolute atomic E-state index is 0.0134. The first kappa shape index (κ1) is 26.3. The van der Waals surface area contributed by atoms with Gasteiger partial charge in [-0.15, -0.1) is 0 Å². The van der Waals surface area contributed by atoms with Crippen LogP contribution in [0, 0.1) is 0 Å². The maximum absolute atomic E-state index is 12.8. The Morgan fingerprint density at radius 3 is 1.69 bits per heavy atom. The monoisotopic (exact) mass is 492 g/mol. The number of carbonyl (C=O) groups excluding carboxylic acids is 3. The Bertz CT molecular complexity index is 1180. The average molecular weight is 493 g/mol. The van der Waals surface area contributed by atoms with E-state index in [9.17, 15) is 14.4 Å². The summed E-state index contributed by atoms with van der Waals surface area (Å²) in [6, 6.07) is 16.9. The number of ether oxygens (including phenoxy) is 5. The van der Waals surface area contributed by atoms with Gasteiger partial charge in [0.2, 0.25) is 0 Å². The quantitative estimate of drug-likeness (QED) is 0.197. The van der Waals surface area contributed by atoms with Gasteiger partial charge in [-0.1, -0.05) is 19.8 Å². The number of hydrogen-bond donors (Lipinski definition) is 0. The molecular weight excluding hydrogens is 464 g/mol. The third-order valence-corrected chi connectivity index (χ3v) is 5.22. The molecule has 0 atom stereocenters. The highest BCUT2D eigenvalue weighted by molar-refractivity contribution is 5.97. The summed E-state index contributed by atoms with van der Waals surface area (Å²) in [5.41, 5.74) is 0.538. The van der Waals surface area contributed by atoms with Crippen LogP contribution < -0.4 is 18.9 Å². The summed E-state index contributed by atoms with van der Waals surface area (Å²) in [7, 11) is 3.05. The van der Waals surface area contributed by atoms with Crippen molar-refractivity contribution >= 4 is 17.9 Å². The molecule has 0 saturated heterocycles. The zero-order chi connectivity index (χ0) is 25.9. The Morgan fingerprint density at radius 1 is 0.639 bits per heavy atom. The van der Waals surface area contributed by atoms with E-state index in [-0.39, 0.29) is 29.2 Å². The molecular formula is C28H28O8. The van der Waals surface area contributed by atoms with Gasteiger partial charge in [-0.3, -0.25) is 0 Å². The van der Waals surface area contributed by atoms with Crippen molar-refractivity contribution in [3.63, 3.8) is 0 Å². The summed E-state index contributed by atoms with van der Waals surface area (Å²) in [5.74, 6) is -0.704. The topological polar surface area (TPSA) is 97.4 Å². The zero-order valence-corrected chi connectivity index (χ0v) is 20.4. The number of methoxy groups -OCH3 is 2. The molecule has 0 heterocycles. The third kappa shape index (κ3) is 7.09. The molecule has 0 aliphatic heterocycles. The molecule has 0 unspecified atom stereocenters. The number of carbonyl (C=O) groups is 3. The second-order valence-electron chi connectivity index (χ2n) is 7.74. The van der Waals surface area contributed by atoms with Gasteiger partial charge >= 0.3 is 17.9 Å². The van der Waals surface area contributed by atoms with Gasteiger partial charge in [-0.25, -0.2) is 14.4 Å². The molecule has 0 aliphatic carbocycles. The fourth-order valence-corrected chi connectivity index (χ4v) is 3.19. The van der Waals surface area contributed by atoms with Crippen LogP contribution >= 0.6 is 0 Å². The highest BCUT2D eigenvalue weighted by Crippen LogP contribution is 2.27. The fraction of sp³-hybridized carbons (Fsp3) is 0.250. The van der Waals surface area contributed by atoms with E-state index in [0.29, 0.717) is 23.5 Å². The van der Waals surface area contributed by atoms with Crippen molar-refractivity contribution in [2.75, 3.05) is 20.8 Å². The van der Waals surface area contributed by atoms with Crippen LogP contribution in [0.4, 0.5) is 0 Å². The van der Waals surface area contributed by atoms with E-state index >= 15 is 0 Å². The Morgan fingerprint density at radius 2 is 1.17 bits per heavy atom. The van der Waals surface area contributed by atoms with Crippen LogP contribution in [0.3, 0.4) is 0 Å². The van der Waals surface area contributed by atoms with Crippen molar-refractivity contribution in [2.45, 2.75) is 26.2 Å². The second kappa shape index (κ2) is 12.9. The molecule has 0 amide bonds. The predicted molar refractivity (Wildman–Crippen MR) is 132 cm³/mol. The Hall–Kier alpha value is -4.33. The lowest BCUT2D eigenvalue weighted by Gasteiger charge is -2.12. The van der Waals surface area contributed by atoms with E-state index in [1.807, 2.05) is 6.92 Å². The highest BCUT2D eigenvalue weighted by Gasteiger charge is 2.20. The second-order valence-corrected chi connectivity index (χ2v) is 7.74. The van der Waals surface area contributed by atoms with Gasteiger partial charge in [0.1, 0.15) is 28.6 Å². The lowest BCUT2D eigenvalue weighted by molar-refractivity contribution is 0.0490. The third-order valence-electron chi connectivity index (χ3n) is 5.22. The maximum atomic E-state index is 12.8. The molecule has 36 heavy (non-hydrogen) atoms. The first-order valence-corrected chi connectivity index (χ1v) is 11.5. The number of benzene rings is 3. The smallest absolute Gasteiger partial charge is 0.343 e. The standard InChI is InChI=1S/C28H28O8/c1-4-5-6-17-34-28(31)24-18-23(35-26(29)19-7-11-21(32-2)12-8-19)15-16-25(24)36-27(30)20-9-13-22(33-3)14-10-20/h7-16,18H,4-6,17H2,1-3H3. The molecule has 0 fully saturated rings. The highest BCUT2D eigenvalue weighted by atomic mass is 16.6. The molecule has 8 heteroatoms. The molecule has 188 valence electrons. The van der Waals surface area contributed by atoms with Crippen LogP contribution in [-0.4, -0.2) is 38.7 Å². The van der Waals surface area contributed by atoms with E-state index < -0.39 is 17.9 Å². The van der Waals surface area contributed by atoms with Crippen molar-refractivity contribution < 1.29 is 38.1 Å². The molecule has 0 spiro atoms. The van der Waals surface area contributed by atoms with Crippen molar-refractivity contribution in [1.82, 2.24) is 0 Å². The SMILES string of the molecule is CCCCCOC(=O)c1cc(OC(=O)c2ccc(OC)cc2)ccc1OC(=O)c1ccc(OC)cc1. The van der Waals surface area contributed by atoms with Crippen molar-refractivity contribution in [1.29, 1.82) is 0 Å². The summed E-state index contributed by atoms with van der Waals surface area (Å²) in [6.45, 7) is 2.26. The molecule has 3 aromatic rings. The van der Waals surface area contributed by atoms with Crippen molar-refractivity contribution in [3.8, 4) is 23.0 Å². The predicted octanol–water partition coefficient (Wildman–Crippen LogP) is 5.49.